The molecule has 0 aliphatic carbocycles. The van der Waals surface area contributed by atoms with Crippen molar-refractivity contribution in [3.05, 3.63) is 132 Å². The van der Waals surface area contributed by atoms with E-state index in [9.17, 15) is 14.9 Å². The lowest BCUT2D eigenvalue weighted by molar-refractivity contribution is -0.384. The molecule has 2 aromatic heterocycles. The van der Waals surface area contributed by atoms with Gasteiger partial charge < -0.3 is 9.15 Å². The minimum absolute atomic E-state index is 0.0102. The standard InChI is InChI=1S/C30H18BrClN4O5/c31-24-15-21(32)13-20(28(24)40-17-18-9-11-22(12-10-18)36(38)39)16-33-35-29(27-14-19-5-1-4-8-26(19)41-27)34-25-7-3-2-6-23(25)30(35)37/h1-16H,17H2. The molecule has 6 aromatic rings. The van der Waals surface area contributed by atoms with E-state index in [0.717, 1.165) is 10.9 Å². The summed E-state index contributed by atoms with van der Waals surface area (Å²) in [7, 11) is 0. The molecule has 0 saturated carbocycles. The smallest absolute Gasteiger partial charge is 0.282 e. The van der Waals surface area contributed by atoms with Crippen molar-refractivity contribution in [1.29, 1.82) is 0 Å². The SMILES string of the molecule is O=c1c2ccccc2nc(-c2cc3ccccc3o2)n1N=Cc1cc(Cl)cc(Br)c1OCc1ccc([N+](=O)[O-])cc1. The normalized spacial score (nSPS) is 11.5. The molecule has 2 heterocycles. The molecular formula is C30H18BrClN4O5. The van der Waals surface area contributed by atoms with E-state index in [-0.39, 0.29) is 23.7 Å². The average Bonchev–Trinajstić information content (AvgIpc) is 3.40. The molecule has 0 amide bonds. The van der Waals surface area contributed by atoms with Crippen molar-refractivity contribution < 1.29 is 14.1 Å². The summed E-state index contributed by atoms with van der Waals surface area (Å²) in [6.07, 6.45) is 1.46. The van der Waals surface area contributed by atoms with Gasteiger partial charge in [0.2, 0.25) is 5.82 Å². The van der Waals surface area contributed by atoms with Gasteiger partial charge in [0.05, 0.1) is 26.5 Å². The number of hydrogen-bond donors (Lipinski definition) is 0. The maximum absolute atomic E-state index is 13.6. The van der Waals surface area contributed by atoms with Crippen LogP contribution in [0.4, 0.5) is 5.69 Å². The predicted octanol–water partition coefficient (Wildman–Crippen LogP) is 7.60. The second-order valence-corrected chi connectivity index (χ2v) is 10.3. The molecule has 41 heavy (non-hydrogen) atoms. The second-order valence-electron chi connectivity index (χ2n) is 8.98. The van der Waals surface area contributed by atoms with E-state index in [2.05, 4.69) is 21.0 Å². The van der Waals surface area contributed by atoms with Crippen LogP contribution in [-0.2, 0) is 6.61 Å². The fraction of sp³-hybridized carbons (Fsp3) is 0.0333. The Balaban J connectivity index is 1.42. The Kier molecular flexibility index (Phi) is 7.08. The first-order valence-corrected chi connectivity index (χ1v) is 13.4. The van der Waals surface area contributed by atoms with Gasteiger partial charge in [-0.15, -0.1) is 0 Å². The predicted molar refractivity (Wildman–Crippen MR) is 161 cm³/mol. The van der Waals surface area contributed by atoms with Crippen molar-refractivity contribution in [3.63, 3.8) is 0 Å². The molecule has 0 spiro atoms. The Labute approximate surface area is 245 Å². The number of hydrogen-bond acceptors (Lipinski definition) is 7. The van der Waals surface area contributed by atoms with Crippen LogP contribution in [0.3, 0.4) is 0 Å². The molecule has 0 aliphatic heterocycles. The largest absolute Gasteiger partial charge is 0.487 e. The maximum atomic E-state index is 13.6. The molecule has 0 fully saturated rings. The number of nitrogens with zero attached hydrogens (tertiary/aromatic N) is 4. The Bertz CT molecular complexity index is 2000. The van der Waals surface area contributed by atoms with Crippen molar-refractivity contribution in [3.8, 4) is 17.3 Å². The first kappa shape index (κ1) is 26.4. The topological polar surface area (TPSA) is 113 Å². The summed E-state index contributed by atoms with van der Waals surface area (Å²) in [6.45, 7) is 0.126. The number of aromatic nitrogens is 2. The van der Waals surface area contributed by atoms with Crippen molar-refractivity contribution in [2.24, 2.45) is 5.10 Å². The third-order valence-electron chi connectivity index (χ3n) is 6.28. The van der Waals surface area contributed by atoms with E-state index in [1.165, 1.54) is 23.0 Å². The highest BCUT2D eigenvalue weighted by Crippen LogP contribution is 2.33. The quantitative estimate of drug-likeness (QED) is 0.102. The van der Waals surface area contributed by atoms with E-state index < -0.39 is 4.92 Å². The Morgan fingerprint density at radius 3 is 2.59 bits per heavy atom. The van der Waals surface area contributed by atoms with Crippen LogP contribution in [0.1, 0.15) is 11.1 Å². The molecule has 4 aromatic carbocycles. The highest BCUT2D eigenvalue weighted by atomic mass is 79.9. The van der Waals surface area contributed by atoms with Crippen LogP contribution in [0.25, 0.3) is 33.5 Å². The first-order chi connectivity index (χ1) is 19.9. The van der Waals surface area contributed by atoms with Gasteiger partial charge in [0.15, 0.2) is 5.76 Å². The van der Waals surface area contributed by atoms with E-state index in [0.29, 0.717) is 43.1 Å². The summed E-state index contributed by atoms with van der Waals surface area (Å²) in [5.74, 6) is 1.03. The van der Waals surface area contributed by atoms with Crippen LogP contribution in [0.2, 0.25) is 5.02 Å². The van der Waals surface area contributed by atoms with Crippen molar-refractivity contribution in [2.45, 2.75) is 6.61 Å². The summed E-state index contributed by atoms with van der Waals surface area (Å²) in [4.78, 5) is 28.8. The lowest BCUT2D eigenvalue weighted by atomic mass is 10.2. The zero-order valence-corrected chi connectivity index (χ0v) is 23.4. The summed E-state index contributed by atoms with van der Waals surface area (Å²) < 4.78 is 13.9. The lowest BCUT2D eigenvalue weighted by Crippen LogP contribution is -2.20. The first-order valence-electron chi connectivity index (χ1n) is 12.3. The minimum atomic E-state index is -0.460. The molecular weight excluding hydrogens is 612 g/mol. The number of ether oxygens (including phenoxy) is 1. The van der Waals surface area contributed by atoms with Crippen LogP contribution in [0.5, 0.6) is 5.75 Å². The van der Waals surface area contributed by atoms with E-state index in [1.807, 2.05) is 36.4 Å². The molecule has 0 aliphatic rings. The van der Waals surface area contributed by atoms with Gasteiger partial charge in [-0.1, -0.05) is 41.9 Å². The summed E-state index contributed by atoms with van der Waals surface area (Å²) >= 11 is 9.83. The summed E-state index contributed by atoms with van der Waals surface area (Å²) in [6, 6.07) is 25.7. The fourth-order valence-corrected chi connectivity index (χ4v) is 5.25. The average molecular weight is 630 g/mol. The number of furan rings is 1. The third kappa shape index (κ3) is 5.34. The monoisotopic (exact) mass is 628 g/mol. The Hall–Kier alpha value is -4.80. The number of halogens is 2. The molecule has 0 radical (unpaired) electrons. The van der Waals surface area contributed by atoms with Crippen molar-refractivity contribution in [1.82, 2.24) is 9.66 Å². The van der Waals surface area contributed by atoms with Gasteiger partial charge in [0.1, 0.15) is 17.9 Å². The fourth-order valence-electron chi connectivity index (χ4n) is 4.30. The number of nitro benzene ring substituents is 1. The van der Waals surface area contributed by atoms with Gasteiger partial charge in [-0.2, -0.15) is 9.78 Å². The van der Waals surface area contributed by atoms with Crippen molar-refractivity contribution in [2.75, 3.05) is 0 Å². The number of para-hydroxylation sites is 2. The molecule has 0 saturated heterocycles. The molecule has 202 valence electrons. The number of fused-ring (bicyclic) bond motifs is 2. The maximum Gasteiger partial charge on any atom is 0.282 e. The molecule has 9 nitrogen and oxygen atoms in total. The van der Waals surface area contributed by atoms with E-state index in [1.54, 1.807) is 42.5 Å². The van der Waals surface area contributed by atoms with Gasteiger partial charge in [0, 0.05) is 28.1 Å². The van der Waals surface area contributed by atoms with Gasteiger partial charge in [-0.25, -0.2) is 4.98 Å². The Morgan fingerprint density at radius 2 is 1.80 bits per heavy atom. The number of nitro groups is 1. The number of benzene rings is 4. The molecule has 0 atom stereocenters. The molecule has 0 bridgehead atoms. The molecule has 11 heteroatoms. The van der Waals surface area contributed by atoms with Gasteiger partial charge in [-0.3, -0.25) is 14.9 Å². The van der Waals surface area contributed by atoms with Crippen LogP contribution >= 0.6 is 27.5 Å². The highest BCUT2D eigenvalue weighted by Gasteiger charge is 2.17. The zero-order chi connectivity index (χ0) is 28.5. The van der Waals surface area contributed by atoms with Crippen molar-refractivity contribution >= 4 is 61.3 Å². The van der Waals surface area contributed by atoms with Gasteiger partial charge >= 0.3 is 0 Å². The van der Waals surface area contributed by atoms with Crippen LogP contribution in [0.15, 0.2) is 110 Å². The second kappa shape index (κ2) is 11.0. The van der Waals surface area contributed by atoms with Gasteiger partial charge in [-0.05, 0) is 70.0 Å². The third-order valence-corrected chi connectivity index (χ3v) is 7.09. The highest BCUT2D eigenvalue weighted by molar-refractivity contribution is 9.10. The zero-order valence-electron chi connectivity index (χ0n) is 21.0. The van der Waals surface area contributed by atoms with E-state index in [4.69, 9.17) is 25.7 Å². The molecule has 0 N–H and O–H groups in total. The number of non-ortho nitro benzene ring substituents is 1. The Morgan fingerprint density at radius 1 is 1.05 bits per heavy atom. The minimum Gasteiger partial charge on any atom is -0.487 e. The number of rotatable bonds is 7. The molecule has 0 unspecified atom stereocenters. The van der Waals surface area contributed by atoms with Crippen LogP contribution in [0, 0.1) is 10.1 Å². The summed E-state index contributed by atoms with van der Waals surface area (Å²) in [5, 5.41) is 17.2. The summed E-state index contributed by atoms with van der Waals surface area (Å²) in [5.41, 5.74) is 1.99. The van der Waals surface area contributed by atoms with Crippen LogP contribution < -0.4 is 10.3 Å². The van der Waals surface area contributed by atoms with Crippen LogP contribution in [-0.4, -0.2) is 20.8 Å². The molecule has 6 rings (SSSR count). The van der Waals surface area contributed by atoms with E-state index >= 15 is 0 Å². The van der Waals surface area contributed by atoms with Gasteiger partial charge in [0.25, 0.3) is 11.2 Å². The lowest BCUT2D eigenvalue weighted by Gasteiger charge is -2.12.